The first-order valence-corrected chi connectivity index (χ1v) is 6.61. The van der Waals surface area contributed by atoms with E-state index in [9.17, 15) is 22.6 Å². The van der Waals surface area contributed by atoms with Gasteiger partial charge in [0, 0.05) is 6.54 Å². The Bertz CT molecular complexity index is 457. The molecule has 1 saturated heterocycles. The van der Waals surface area contributed by atoms with Gasteiger partial charge in [0.1, 0.15) is 6.04 Å². The predicted molar refractivity (Wildman–Crippen MR) is 59.0 cm³/mol. The van der Waals surface area contributed by atoms with Crippen LogP contribution in [-0.2, 0) is 24.2 Å². The van der Waals surface area contributed by atoms with E-state index in [4.69, 9.17) is 5.73 Å². The van der Waals surface area contributed by atoms with Crippen LogP contribution in [0.2, 0.25) is 0 Å². The number of ether oxygens (including phenoxy) is 1. The molecule has 0 bridgehead atoms. The third-order valence-corrected chi connectivity index (χ3v) is 2.94. The number of amides is 2. The van der Waals surface area contributed by atoms with Gasteiger partial charge in [0.05, 0.1) is 13.2 Å². The fourth-order valence-corrected chi connectivity index (χ4v) is 2.06. The Morgan fingerprint density at radius 3 is 2.45 bits per heavy atom. The van der Waals surface area contributed by atoms with Crippen LogP contribution in [0.1, 0.15) is 12.8 Å². The largest absolute Gasteiger partial charge is 1.00 e. The summed E-state index contributed by atoms with van der Waals surface area (Å²) in [4.78, 5) is 23.7. The second kappa shape index (κ2) is 8.12. The van der Waals surface area contributed by atoms with Crippen LogP contribution in [0.4, 0.5) is 4.79 Å². The molecule has 0 aromatic heterocycles. The second-order valence-electron chi connectivity index (χ2n) is 3.92. The van der Waals surface area contributed by atoms with Gasteiger partial charge in [0.15, 0.2) is 0 Å². The smallest absolute Gasteiger partial charge is 0.724 e. The van der Waals surface area contributed by atoms with E-state index in [0.29, 0.717) is 6.42 Å². The Labute approximate surface area is 138 Å². The number of nitrogens with zero attached hydrogens (tertiary/aromatic N) is 1. The van der Waals surface area contributed by atoms with Crippen LogP contribution in [-0.4, -0.2) is 55.6 Å². The van der Waals surface area contributed by atoms with Crippen LogP contribution < -0.4 is 40.8 Å². The Kier molecular flexibility index (Phi) is 7.95. The van der Waals surface area contributed by atoms with Gasteiger partial charge in [-0.1, -0.05) is 0 Å². The van der Waals surface area contributed by atoms with Crippen molar-refractivity contribution >= 4 is 22.4 Å². The maximum atomic E-state index is 11.5. The van der Waals surface area contributed by atoms with Crippen molar-refractivity contribution in [2.24, 2.45) is 5.73 Å². The first kappa shape index (κ1) is 19.6. The molecule has 20 heavy (non-hydrogen) atoms. The number of rotatable bonds is 4. The molecule has 0 radical (unpaired) electrons. The van der Waals surface area contributed by atoms with Crippen molar-refractivity contribution in [3.05, 3.63) is 0 Å². The molecule has 1 fully saturated rings. The molecule has 1 heterocycles. The number of hydroxylamine groups is 1. The molecule has 2 atom stereocenters. The minimum absolute atomic E-state index is 0. The van der Waals surface area contributed by atoms with Crippen molar-refractivity contribution in [1.82, 2.24) is 10.4 Å². The van der Waals surface area contributed by atoms with E-state index >= 15 is 0 Å². The van der Waals surface area contributed by atoms with Crippen LogP contribution >= 0.6 is 0 Å². The molecule has 12 heteroatoms. The number of nitrogens with two attached hydrogens (primary N) is 1. The number of primary amides is 1. The van der Waals surface area contributed by atoms with Crippen molar-refractivity contribution in [1.29, 1.82) is 0 Å². The summed E-state index contributed by atoms with van der Waals surface area (Å²) in [5.41, 5.74) is 7.18. The van der Waals surface area contributed by atoms with E-state index < -0.39 is 34.5 Å². The summed E-state index contributed by atoms with van der Waals surface area (Å²) < 4.78 is 39.3. The molecule has 1 aliphatic heterocycles. The molecule has 0 aromatic rings. The van der Waals surface area contributed by atoms with E-state index in [2.05, 4.69) is 9.02 Å². The molecular weight excluding hydrogens is 305 g/mol. The molecule has 110 valence electrons. The van der Waals surface area contributed by atoms with Crippen molar-refractivity contribution in [2.75, 3.05) is 13.7 Å². The minimum Gasteiger partial charge on any atom is -0.724 e. The number of nitrogens with one attached hydrogen (secondary N) is 1. The molecule has 0 aromatic carbocycles. The average Bonchev–Trinajstić information content (AvgIpc) is 2.34. The maximum absolute atomic E-state index is 11.5. The Morgan fingerprint density at radius 2 is 2.00 bits per heavy atom. The zero-order chi connectivity index (χ0) is 14.6. The van der Waals surface area contributed by atoms with Gasteiger partial charge in [0.2, 0.25) is 16.3 Å². The van der Waals surface area contributed by atoms with Gasteiger partial charge >= 0.3 is 35.7 Å². The van der Waals surface area contributed by atoms with E-state index in [0.717, 1.165) is 12.0 Å². The molecule has 0 spiro atoms. The Morgan fingerprint density at radius 1 is 1.40 bits per heavy atom. The molecule has 1 aliphatic rings. The number of likely N-dealkylation sites (tertiary alicyclic amines) is 1. The van der Waals surface area contributed by atoms with Crippen LogP contribution in [0, 0.1) is 0 Å². The minimum atomic E-state index is -4.88. The van der Waals surface area contributed by atoms with Crippen molar-refractivity contribution in [2.45, 2.75) is 24.9 Å². The van der Waals surface area contributed by atoms with E-state index in [1.54, 1.807) is 0 Å². The van der Waals surface area contributed by atoms with Gasteiger partial charge in [-0.3, -0.25) is 9.69 Å². The fraction of sp³-hybridized carbons (Fsp3) is 0.750. The van der Waals surface area contributed by atoms with Gasteiger partial charge in [-0.05, 0) is 12.8 Å². The zero-order valence-electron chi connectivity index (χ0n) is 11.1. The number of piperidine rings is 1. The molecule has 0 aliphatic carbocycles. The van der Waals surface area contributed by atoms with Crippen LogP contribution in [0.5, 0.6) is 0 Å². The molecule has 0 saturated carbocycles. The van der Waals surface area contributed by atoms with Gasteiger partial charge in [-0.2, -0.15) is 9.76 Å². The summed E-state index contributed by atoms with van der Waals surface area (Å²) in [7, 11) is -3.75. The van der Waals surface area contributed by atoms with Gasteiger partial charge in [0.25, 0.3) is 0 Å². The summed E-state index contributed by atoms with van der Waals surface area (Å²) in [6, 6.07) is -1.47. The second-order valence-corrected chi connectivity index (χ2v) is 4.91. The van der Waals surface area contributed by atoms with Crippen LogP contribution in [0.25, 0.3) is 0 Å². The number of methoxy groups -OCH3 is 1. The number of carbonyl (C=O) groups excluding carboxylic acids is 2. The molecule has 10 nitrogen and oxygen atoms in total. The summed E-state index contributed by atoms with van der Waals surface area (Å²) in [5.74, 6) is -0.693. The molecule has 3 N–H and O–H groups in total. The summed E-state index contributed by atoms with van der Waals surface area (Å²) in [6.45, 7) is -0.0736. The van der Waals surface area contributed by atoms with E-state index in [1.807, 2.05) is 5.48 Å². The monoisotopic (exact) mass is 319 g/mol. The fourth-order valence-electron chi connectivity index (χ4n) is 1.81. The normalized spacial score (nSPS) is 22.8. The van der Waals surface area contributed by atoms with Crippen LogP contribution in [0.3, 0.4) is 0 Å². The number of hydrogen-bond acceptors (Lipinski definition) is 8. The first-order valence-electron chi connectivity index (χ1n) is 5.28. The number of hydrogen-bond donors (Lipinski definition) is 2. The summed E-state index contributed by atoms with van der Waals surface area (Å²) in [6.07, 6.45) is -0.277. The van der Waals surface area contributed by atoms with Crippen molar-refractivity contribution in [3.63, 3.8) is 0 Å². The maximum Gasteiger partial charge on any atom is 1.00 e. The van der Waals surface area contributed by atoms with Gasteiger partial charge < -0.3 is 15.0 Å². The molecular formula is C8H14N3NaO7S. The number of carbonyl (C=O) groups is 2. The molecule has 2 amide bonds. The topological polar surface area (TPSA) is 151 Å². The zero-order valence-corrected chi connectivity index (χ0v) is 13.9. The summed E-state index contributed by atoms with van der Waals surface area (Å²) in [5, 5.41) is 0. The average molecular weight is 319 g/mol. The van der Waals surface area contributed by atoms with E-state index in [1.165, 1.54) is 0 Å². The quantitative estimate of drug-likeness (QED) is 0.226. The molecule has 1 rings (SSSR count). The SMILES string of the molecule is COC(=O)N1C[C@H](NOS(=O)(=O)[O-])CC[C@H]1C(N)=O.[Na+]. The predicted octanol–water partition coefficient (Wildman–Crippen LogP) is -4.94. The van der Waals surface area contributed by atoms with Gasteiger partial charge in [-0.15, -0.1) is 0 Å². The van der Waals surface area contributed by atoms with Gasteiger partial charge in [-0.25, -0.2) is 13.2 Å². The third-order valence-electron chi connectivity index (χ3n) is 2.64. The third kappa shape index (κ3) is 5.91. The Balaban J connectivity index is 0.00000361. The van der Waals surface area contributed by atoms with Crippen LogP contribution in [0.15, 0.2) is 0 Å². The summed E-state index contributed by atoms with van der Waals surface area (Å²) >= 11 is 0. The first-order chi connectivity index (χ1) is 8.74. The van der Waals surface area contributed by atoms with Crippen molar-refractivity contribution < 1.29 is 61.1 Å². The molecule has 0 unspecified atom stereocenters. The van der Waals surface area contributed by atoms with Crippen molar-refractivity contribution in [3.8, 4) is 0 Å². The standard InChI is InChI=1S/C8H15N3O7S.Na/c1-17-8(13)11-4-5(10-18-19(14,15)16)2-3-6(11)7(9)12;/h5-6,10H,2-4H2,1H3,(H2,9,12)(H,14,15,16);/q;+1/p-1/t5-,6+;/m1./s1. The van der Waals surface area contributed by atoms with E-state index in [-0.39, 0.29) is 42.5 Å². The Hall–Kier alpha value is -0.430.